The lowest BCUT2D eigenvalue weighted by atomic mass is 10.1. The number of hydrogen-bond donors (Lipinski definition) is 2. The van der Waals surface area contributed by atoms with Gasteiger partial charge in [0.1, 0.15) is 5.82 Å². The molecule has 2 rings (SSSR count). The highest BCUT2D eigenvalue weighted by Crippen LogP contribution is 2.24. The predicted octanol–water partition coefficient (Wildman–Crippen LogP) is 1.57. The molecule has 1 saturated heterocycles. The second-order valence-corrected chi connectivity index (χ2v) is 5.45. The maximum atomic E-state index is 14.3. The van der Waals surface area contributed by atoms with E-state index in [0.29, 0.717) is 5.69 Å². The van der Waals surface area contributed by atoms with Gasteiger partial charge in [0.15, 0.2) is 0 Å². The molecular weight excluding hydrogens is 271 g/mol. The maximum Gasteiger partial charge on any atom is 0.315 e. The molecule has 0 spiro atoms. The summed E-state index contributed by atoms with van der Waals surface area (Å²) in [7, 11) is 3.63. The first kappa shape index (κ1) is 15.6. The standard InChI is InChI=1S/C15H23FN4O/c1-11(18-15(21)17-2)12-4-5-14(13(16)10-12)20-8-6-19(3)7-9-20/h4-5,10-11H,6-9H2,1-3H3,(H2,17,18,21). The summed E-state index contributed by atoms with van der Waals surface area (Å²) >= 11 is 0. The number of urea groups is 1. The molecule has 1 aliphatic rings. The number of nitrogens with one attached hydrogen (secondary N) is 2. The molecule has 2 N–H and O–H groups in total. The Balaban J connectivity index is 2.08. The molecule has 0 aromatic heterocycles. The average molecular weight is 294 g/mol. The van der Waals surface area contributed by atoms with E-state index in [1.807, 2.05) is 13.0 Å². The van der Waals surface area contributed by atoms with E-state index in [-0.39, 0.29) is 17.9 Å². The summed E-state index contributed by atoms with van der Waals surface area (Å²) in [6.45, 7) is 5.38. The predicted molar refractivity (Wildman–Crippen MR) is 82.1 cm³/mol. The van der Waals surface area contributed by atoms with E-state index in [1.54, 1.807) is 13.1 Å². The summed E-state index contributed by atoms with van der Waals surface area (Å²) in [6, 6.07) is 4.68. The van der Waals surface area contributed by atoms with E-state index in [0.717, 1.165) is 31.7 Å². The lowest BCUT2D eigenvalue weighted by Crippen LogP contribution is -2.44. The van der Waals surface area contributed by atoms with Crippen molar-refractivity contribution in [1.29, 1.82) is 0 Å². The van der Waals surface area contributed by atoms with Gasteiger partial charge >= 0.3 is 6.03 Å². The van der Waals surface area contributed by atoms with Gasteiger partial charge in [-0.15, -0.1) is 0 Å². The summed E-state index contributed by atoms with van der Waals surface area (Å²) in [4.78, 5) is 15.6. The molecule has 6 heteroatoms. The van der Waals surface area contributed by atoms with Gasteiger partial charge in [0, 0.05) is 33.2 Å². The van der Waals surface area contributed by atoms with Gasteiger partial charge in [-0.1, -0.05) is 6.07 Å². The summed E-state index contributed by atoms with van der Waals surface area (Å²) in [5.41, 5.74) is 1.40. The Hall–Kier alpha value is -1.82. The van der Waals surface area contributed by atoms with Gasteiger partial charge in [0.25, 0.3) is 0 Å². The fraction of sp³-hybridized carbons (Fsp3) is 0.533. The van der Waals surface area contributed by atoms with Crippen molar-refractivity contribution in [3.05, 3.63) is 29.6 Å². The maximum absolute atomic E-state index is 14.3. The van der Waals surface area contributed by atoms with Crippen molar-refractivity contribution < 1.29 is 9.18 Å². The van der Waals surface area contributed by atoms with Crippen LogP contribution in [0.5, 0.6) is 0 Å². The number of carbonyl (C=O) groups excluding carboxylic acids is 1. The number of piperazine rings is 1. The molecule has 116 valence electrons. The third-order valence-corrected chi connectivity index (χ3v) is 3.89. The molecule has 1 aromatic carbocycles. The van der Waals surface area contributed by atoms with Crippen LogP contribution in [0.25, 0.3) is 0 Å². The summed E-state index contributed by atoms with van der Waals surface area (Å²) in [6.07, 6.45) is 0. The van der Waals surface area contributed by atoms with Crippen molar-refractivity contribution in [3.8, 4) is 0 Å². The van der Waals surface area contributed by atoms with Crippen molar-refractivity contribution in [1.82, 2.24) is 15.5 Å². The molecule has 1 aromatic rings. The number of amides is 2. The minimum absolute atomic E-state index is 0.234. The minimum Gasteiger partial charge on any atom is -0.367 e. The second-order valence-electron chi connectivity index (χ2n) is 5.45. The number of carbonyl (C=O) groups is 1. The molecule has 5 nitrogen and oxygen atoms in total. The first-order chi connectivity index (χ1) is 10.0. The van der Waals surface area contributed by atoms with E-state index in [2.05, 4.69) is 27.5 Å². The van der Waals surface area contributed by atoms with Crippen LogP contribution < -0.4 is 15.5 Å². The summed E-state index contributed by atoms with van der Waals surface area (Å²) in [5.74, 6) is -0.234. The topological polar surface area (TPSA) is 47.6 Å². The summed E-state index contributed by atoms with van der Waals surface area (Å²) < 4.78 is 14.3. The molecular formula is C15H23FN4O. The lowest BCUT2D eigenvalue weighted by molar-refractivity contribution is 0.240. The fourth-order valence-corrected chi connectivity index (χ4v) is 2.45. The van der Waals surface area contributed by atoms with E-state index in [9.17, 15) is 9.18 Å². The van der Waals surface area contributed by atoms with Crippen molar-refractivity contribution in [2.45, 2.75) is 13.0 Å². The third-order valence-electron chi connectivity index (χ3n) is 3.89. The molecule has 21 heavy (non-hydrogen) atoms. The molecule has 0 saturated carbocycles. The highest BCUT2D eigenvalue weighted by atomic mass is 19.1. The van der Waals surface area contributed by atoms with Crippen LogP contribution in [0.3, 0.4) is 0 Å². The smallest absolute Gasteiger partial charge is 0.315 e. The average Bonchev–Trinajstić information content (AvgIpc) is 2.48. The Labute approximate surface area is 125 Å². The van der Waals surface area contributed by atoms with Crippen molar-refractivity contribution in [2.24, 2.45) is 0 Å². The quantitative estimate of drug-likeness (QED) is 0.889. The highest BCUT2D eigenvalue weighted by Gasteiger charge is 2.18. The minimum atomic E-state index is -0.272. The first-order valence-electron chi connectivity index (χ1n) is 7.22. The Morgan fingerprint density at radius 3 is 2.52 bits per heavy atom. The second kappa shape index (κ2) is 6.76. The zero-order valence-electron chi connectivity index (χ0n) is 12.8. The molecule has 1 atom stereocenters. The number of likely N-dealkylation sites (N-methyl/N-ethyl adjacent to an activating group) is 1. The van der Waals surface area contributed by atoms with Crippen LogP contribution in [0.2, 0.25) is 0 Å². The summed E-state index contributed by atoms with van der Waals surface area (Å²) in [5, 5.41) is 5.23. The van der Waals surface area contributed by atoms with Crippen LogP contribution in [-0.2, 0) is 0 Å². The molecule has 2 amide bonds. The Morgan fingerprint density at radius 2 is 1.95 bits per heavy atom. The molecule has 0 bridgehead atoms. The van der Waals surface area contributed by atoms with Crippen LogP contribution in [0, 0.1) is 5.82 Å². The fourth-order valence-electron chi connectivity index (χ4n) is 2.45. The number of anilines is 1. The van der Waals surface area contributed by atoms with Gasteiger partial charge < -0.3 is 20.4 Å². The zero-order chi connectivity index (χ0) is 15.4. The third kappa shape index (κ3) is 3.85. The van der Waals surface area contributed by atoms with Gasteiger partial charge in [-0.05, 0) is 31.7 Å². The van der Waals surface area contributed by atoms with Crippen molar-refractivity contribution in [3.63, 3.8) is 0 Å². The first-order valence-corrected chi connectivity index (χ1v) is 7.22. The van der Waals surface area contributed by atoms with Gasteiger partial charge in [-0.25, -0.2) is 9.18 Å². The normalized spacial score (nSPS) is 17.4. The van der Waals surface area contributed by atoms with Crippen LogP contribution in [0.15, 0.2) is 18.2 Å². The molecule has 1 heterocycles. The molecule has 0 aliphatic carbocycles. The monoisotopic (exact) mass is 294 g/mol. The highest BCUT2D eigenvalue weighted by molar-refractivity contribution is 5.74. The SMILES string of the molecule is CNC(=O)NC(C)c1ccc(N2CCN(C)CC2)c(F)c1. The van der Waals surface area contributed by atoms with Gasteiger partial charge in [0.05, 0.1) is 11.7 Å². The molecule has 1 aliphatic heterocycles. The number of benzene rings is 1. The van der Waals surface area contributed by atoms with Crippen LogP contribution in [0.1, 0.15) is 18.5 Å². The number of hydrogen-bond acceptors (Lipinski definition) is 3. The molecule has 0 radical (unpaired) electrons. The van der Waals surface area contributed by atoms with Crippen molar-refractivity contribution in [2.75, 3.05) is 45.2 Å². The van der Waals surface area contributed by atoms with E-state index in [1.165, 1.54) is 6.07 Å². The van der Waals surface area contributed by atoms with E-state index < -0.39 is 0 Å². The largest absolute Gasteiger partial charge is 0.367 e. The zero-order valence-corrected chi connectivity index (χ0v) is 12.8. The molecule has 1 fully saturated rings. The van der Waals surface area contributed by atoms with Crippen molar-refractivity contribution >= 4 is 11.7 Å². The van der Waals surface area contributed by atoms with Crippen LogP contribution >= 0.6 is 0 Å². The Bertz CT molecular complexity index is 500. The van der Waals surface area contributed by atoms with E-state index >= 15 is 0 Å². The van der Waals surface area contributed by atoms with Crippen LogP contribution in [-0.4, -0.2) is 51.2 Å². The number of nitrogens with zero attached hydrogens (tertiary/aromatic N) is 2. The van der Waals surface area contributed by atoms with Crippen LogP contribution in [0.4, 0.5) is 14.9 Å². The molecule has 1 unspecified atom stereocenters. The number of rotatable bonds is 3. The van der Waals surface area contributed by atoms with E-state index in [4.69, 9.17) is 0 Å². The van der Waals surface area contributed by atoms with Gasteiger partial charge in [0.2, 0.25) is 0 Å². The number of halogens is 1. The van der Waals surface area contributed by atoms with Gasteiger partial charge in [-0.2, -0.15) is 0 Å². The van der Waals surface area contributed by atoms with Gasteiger partial charge in [-0.3, -0.25) is 0 Å². The Morgan fingerprint density at radius 1 is 1.29 bits per heavy atom. The lowest BCUT2D eigenvalue weighted by Gasteiger charge is -2.34. The Kier molecular flexibility index (Phi) is 5.01.